The first-order valence-electron chi connectivity index (χ1n) is 12.6. The molecule has 1 unspecified atom stereocenters. The van der Waals surface area contributed by atoms with Crippen molar-refractivity contribution in [3.63, 3.8) is 0 Å². The number of fused-ring (bicyclic) bond motifs is 1. The number of benzene rings is 2. The van der Waals surface area contributed by atoms with E-state index in [9.17, 15) is 18.0 Å². The number of hydrogen-bond donors (Lipinski definition) is 2. The summed E-state index contributed by atoms with van der Waals surface area (Å²) >= 11 is 0. The van der Waals surface area contributed by atoms with Crippen molar-refractivity contribution in [1.29, 1.82) is 0 Å². The van der Waals surface area contributed by atoms with Crippen LogP contribution in [0.1, 0.15) is 48.5 Å². The highest BCUT2D eigenvalue weighted by Crippen LogP contribution is 2.31. The summed E-state index contributed by atoms with van der Waals surface area (Å²) < 4.78 is 36.1. The van der Waals surface area contributed by atoms with Gasteiger partial charge >= 0.3 is 6.09 Å². The quantitative estimate of drug-likeness (QED) is 0.266. The van der Waals surface area contributed by atoms with Gasteiger partial charge in [0.2, 0.25) is 10.0 Å². The molecule has 0 saturated carbocycles. The van der Waals surface area contributed by atoms with Gasteiger partial charge in [-0.2, -0.15) is 9.29 Å². The zero-order valence-corrected chi connectivity index (χ0v) is 22.8. The summed E-state index contributed by atoms with van der Waals surface area (Å²) in [6, 6.07) is 15.0. The molecule has 206 valence electrons. The van der Waals surface area contributed by atoms with Crippen molar-refractivity contribution in [3.05, 3.63) is 87.6 Å². The van der Waals surface area contributed by atoms with Crippen LogP contribution in [0, 0.1) is 13.8 Å². The first kappa shape index (κ1) is 28.0. The van der Waals surface area contributed by atoms with E-state index < -0.39 is 22.2 Å². The molecule has 0 aliphatic rings. The lowest BCUT2D eigenvalue weighted by atomic mass is 10.1. The number of carbonyl (C=O) groups is 1. The predicted molar refractivity (Wildman–Crippen MR) is 145 cm³/mol. The maximum atomic E-state index is 14.0. The van der Waals surface area contributed by atoms with Crippen LogP contribution in [-0.4, -0.2) is 51.7 Å². The van der Waals surface area contributed by atoms with Gasteiger partial charge in [-0.15, -0.1) is 0 Å². The lowest BCUT2D eigenvalue weighted by molar-refractivity contribution is 0.193. The van der Waals surface area contributed by atoms with Gasteiger partial charge in [0.15, 0.2) is 0 Å². The number of sulfonamides is 1. The van der Waals surface area contributed by atoms with Gasteiger partial charge in [0, 0.05) is 13.1 Å². The SMILES string of the molecule is CCC(c1nc2onc(C)c2c(=O)n1Cc1ccccc1)N(CCCNC(=O)O)S(=O)(=O)c1ccc(C)cc1. The molecular weight excluding hydrogens is 522 g/mol. The second-order valence-electron chi connectivity index (χ2n) is 9.23. The highest BCUT2D eigenvalue weighted by molar-refractivity contribution is 7.89. The molecule has 2 N–H and O–H groups in total. The summed E-state index contributed by atoms with van der Waals surface area (Å²) in [6.45, 7) is 5.54. The standard InChI is InChI=1S/C27H31N5O6S/c1-4-22(32(16-8-15-28-27(34)35)39(36,37)21-13-11-18(2)12-14-21)24-29-25-23(19(3)30-38-25)26(33)31(24)17-20-9-6-5-7-10-20/h5-7,9-14,22,28H,4,8,15-17H2,1-3H3,(H,34,35). The third kappa shape index (κ3) is 6.02. The summed E-state index contributed by atoms with van der Waals surface area (Å²) in [5, 5.41) is 15.4. The molecule has 0 saturated heterocycles. The average Bonchev–Trinajstić information content (AvgIpc) is 3.28. The second kappa shape index (κ2) is 11.8. The number of nitrogens with one attached hydrogen (secondary N) is 1. The molecule has 12 heteroatoms. The number of hydrogen-bond acceptors (Lipinski definition) is 7. The summed E-state index contributed by atoms with van der Waals surface area (Å²) in [5.41, 5.74) is 1.80. The van der Waals surface area contributed by atoms with Gasteiger partial charge in [-0.1, -0.05) is 60.1 Å². The summed E-state index contributed by atoms with van der Waals surface area (Å²) in [4.78, 5) is 29.5. The fourth-order valence-corrected chi connectivity index (χ4v) is 6.19. The maximum Gasteiger partial charge on any atom is 0.404 e. The van der Waals surface area contributed by atoms with E-state index in [2.05, 4.69) is 15.5 Å². The van der Waals surface area contributed by atoms with Crippen LogP contribution >= 0.6 is 0 Å². The van der Waals surface area contributed by atoms with Gasteiger partial charge in [-0.05, 0) is 44.4 Å². The first-order valence-corrected chi connectivity index (χ1v) is 14.0. The molecule has 0 spiro atoms. The van der Waals surface area contributed by atoms with E-state index in [1.807, 2.05) is 44.2 Å². The van der Waals surface area contributed by atoms with Crippen molar-refractivity contribution < 1.29 is 22.8 Å². The Balaban J connectivity index is 1.87. The fraction of sp³-hybridized carbons (Fsp3) is 0.333. The van der Waals surface area contributed by atoms with Crippen LogP contribution in [0.3, 0.4) is 0 Å². The average molecular weight is 554 g/mol. The lowest BCUT2D eigenvalue weighted by Gasteiger charge is -2.31. The van der Waals surface area contributed by atoms with Crippen molar-refractivity contribution in [2.24, 2.45) is 0 Å². The largest absolute Gasteiger partial charge is 0.465 e. The molecular formula is C27H31N5O6S. The number of aromatic nitrogens is 3. The summed E-state index contributed by atoms with van der Waals surface area (Å²) in [6.07, 6.45) is -0.697. The van der Waals surface area contributed by atoms with Crippen LogP contribution in [0.15, 0.2) is 68.8 Å². The normalized spacial score (nSPS) is 12.6. The second-order valence-corrected chi connectivity index (χ2v) is 11.1. The number of aryl methyl sites for hydroxylation is 2. The van der Waals surface area contributed by atoms with Crippen molar-refractivity contribution >= 4 is 27.2 Å². The molecule has 2 aromatic heterocycles. The molecule has 1 atom stereocenters. The topological polar surface area (TPSA) is 148 Å². The van der Waals surface area contributed by atoms with Gasteiger partial charge in [-0.25, -0.2) is 13.2 Å². The molecule has 4 rings (SSSR count). The van der Waals surface area contributed by atoms with Crippen molar-refractivity contribution in [2.45, 2.75) is 51.1 Å². The zero-order valence-electron chi connectivity index (χ0n) is 22.0. The third-order valence-electron chi connectivity index (χ3n) is 6.47. The Labute approximate surface area is 226 Å². The number of amides is 1. The smallest absolute Gasteiger partial charge is 0.404 e. The molecule has 4 aromatic rings. The van der Waals surface area contributed by atoms with Gasteiger partial charge in [0.1, 0.15) is 11.2 Å². The van der Waals surface area contributed by atoms with E-state index in [-0.39, 0.29) is 59.9 Å². The fourth-order valence-electron chi connectivity index (χ4n) is 4.49. The molecule has 2 heterocycles. The Morgan fingerprint density at radius 1 is 1.13 bits per heavy atom. The highest BCUT2D eigenvalue weighted by atomic mass is 32.2. The molecule has 1 amide bonds. The lowest BCUT2D eigenvalue weighted by Crippen LogP contribution is -2.40. The van der Waals surface area contributed by atoms with Gasteiger partial charge in [0.25, 0.3) is 11.3 Å². The first-order chi connectivity index (χ1) is 18.6. The minimum Gasteiger partial charge on any atom is -0.465 e. The molecule has 0 aliphatic heterocycles. The molecule has 0 bridgehead atoms. The monoisotopic (exact) mass is 553 g/mol. The van der Waals surface area contributed by atoms with E-state index in [0.717, 1.165) is 11.1 Å². The van der Waals surface area contributed by atoms with E-state index in [1.54, 1.807) is 19.1 Å². The predicted octanol–water partition coefficient (Wildman–Crippen LogP) is 3.85. The van der Waals surface area contributed by atoms with E-state index in [4.69, 9.17) is 9.63 Å². The number of carboxylic acid groups (broad SMARTS) is 1. The minimum absolute atomic E-state index is 0.0102. The Bertz CT molecular complexity index is 1610. The minimum atomic E-state index is -4.07. The third-order valence-corrected chi connectivity index (χ3v) is 8.39. The Morgan fingerprint density at radius 3 is 2.46 bits per heavy atom. The van der Waals surface area contributed by atoms with Crippen molar-refractivity contribution in [1.82, 2.24) is 24.3 Å². The number of rotatable bonds is 11. The van der Waals surface area contributed by atoms with E-state index in [0.29, 0.717) is 5.69 Å². The van der Waals surface area contributed by atoms with Crippen molar-refractivity contribution in [3.8, 4) is 0 Å². The molecule has 0 aliphatic carbocycles. The van der Waals surface area contributed by atoms with E-state index >= 15 is 0 Å². The van der Waals surface area contributed by atoms with Gasteiger partial charge < -0.3 is 14.9 Å². The Kier molecular flexibility index (Phi) is 8.46. The van der Waals surface area contributed by atoms with Crippen molar-refractivity contribution in [2.75, 3.05) is 13.1 Å². The van der Waals surface area contributed by atoms with Crippen LogP contribution in [0.25, 0.3) is 11.1 Å². The molecule has 39 heavy (non-hydrogen) atoms. The van der Waals surface area contributed by atoms with Crippen LogP contribution in [0.5, 0.6) is 0 Å². The summed E-state index contributed by atoms with van der Waals surface area (Å²) in [7, 11) is -4.07. The van der Waals surface area contributed by atoms with Gasteiger partial charge in [-0.3, -0.25) is 9.36 Å². The Hall–Kier alpha value is -4.03. The van der Waals surface area contributed by atoms with Crippen LogP contribution in [-0.2, 0) is 16.6 Å². The van der Waals surface area contributed by atoms with Crippen LogP contribution in [0.2, 0.25) is 0 Å². The molecule has 0 radical (unpaired) electrons. The highest BCUT2D eigenvalue weighted by Gasteiger charge is 2.35. The Morgan fingerprint density at radius 2 is 1.82 bits per heavy atom. The summed E-state index contributed by atoms with van der Waals surface area (Å²) in [5.74, 6) is 0.219. The number of nitrogens with zero attached hydrogens (tertiary/aromatic N) is 4. The van der Waals surface area contributed by atoms with Crippen LogP contribution < -0.4 is 10.9 Å². The van der Waals surface area contributed by atoms with Crippen LogP contribution in [0.4, 0.5) is 4.79 Å². The molecule has 0 fully saturated rings. The maximum absolute atomic E-state index is 14.0. The zero-order chi connectivity index (χ0) is 28.2. The molecule has 11 nitrogen and oxygen atoms in total. The molecule has 2 aromatic carbocycles. The van der Waals surface area contributed by atoms with Gasteiger partial charge in [0.05, 0.1) is 23.2 Å². The van der Waals surface area contributed by atoms with E-state index in [1.165, 1.54) is 21.0 Å².